The van der Waals surface area contributed by atoms with E-state index in [1.165, 1.54) is 0 Å². The van der Waals surface area contributed by atoms with Crippen LogP contribution in [0.2, 0.25) is 0 Å². The number of nitrogens with one attached hydrogen (secondary N) is 1. The summed E-state index contributed by atoms with van der Waals surface area (Å²) in [5.41, 5.74) is 0. The zero-order chi connectivity index (χ0) is 7.40. The lowest BCUT2D eigenvalue weighted by molar-refractivity contribution is 0.110. The largest absolute Gasteiger partial charge is 0.392 e. The summed E-state index contributed by atoms with van der Waals surface area (Å²) in [5, 5.41) is 13.4. The lowest BCUT2D eigenvalue weighted by Crippen LogP contribution is -2.34. The van der Waals surface area contributed by atoms with Gasteiger partial charge in [-0.3, -0.25) is 0 Å². The molecule has 0 saturated carbocycles. The Morgan fingerprint density at radius 2 is 2.10 bits per heavy atom. The van der Waals surface area contributed by atoms with Crippen molar-refractivity contribution in [1.82, 2.24) is 5.32 Å². The van der Waals surface area contributed by atoms with Crippen molar-refractivity contribution >= 4 is 15.9 Å². The number of alkyl halides is 1. The van der Waals surface area contributed by atoms with Crippen LogP contribution < -0.4 is 5.32 Å². The molecule has 0 aromatic carbocycles. The maximum atomic E-state index is 9.41. The number of aliphatic hydroxyl groups is 1. The first kappa shape index (κ1) is 8.50. The van der Waals surface area contributed by atoms with Gasteiger partial charge in [0.15, 0.2) is 0 Å². The van der Waals surface area contributed by atoms with Crippen LogP contribution >= 0.6 is 15.9 Å². The molecule has 2 N–H and O–H groups in total. The smallest absolute Gasteiger partial charge is 0.0666 e. The normalized spacial score (nSPS) is 24.6. The third-order valence-corrected chi connectivity index (χ3v) is 2.75. The lowest BCUT2D eigenvalue weighted by Gasteiger charge is -2.25. The second-order valence-electron chi connectivity index (χ2n) is 2.81. The van der Waals surface area contributed by atoms with Gasteiger partial charge in [-0.15, -0.1) is 0 Å². The summed E-state index contributed by atoms with van der Waals surface area (Å²) in [4.78, 5) is 0. The van der Waals surface area contributed by atoms with Gasteiger partial charge in [0, 0.05) is 5.33 Å². The predicted molar refractivity (Wildman–Crippen MR) is 45.4 cm³/mol. The average Bonchev–Trinajstić information content (AvgIpc) is 2.05. The lowest BCUT2D eigenvalue weighted by atomic mass is 9.93. The minimum absolute atomic E-state index is 0.137. The molecule has 0 aromatic rings. The highest BCUT2D eigenvalue weighted by atomic mass is 79.9. The van der Waals surface area contributed by atoms with Crippen LogP contribution in [0.15, 0.2) is 0 Å². The standard InChI is InChI=1S/C7H14BrNO/c8-5-7(10)6-1-3-9-4-2-6/h6-7,9-10H,1-5H2. The molecular formula is C7H14BrNO. The first-order valence-corrected chi connectivity index (χ1v) is 4.91. The van der Waals surface area contributed by atoms with E-state index in [1.807, 2.05) is 0 Å². The average molecular weight is 208 g/mol. The SMILES string of the molecule is OC(CBr)C1CCNCC1. The molecule has 0 radical (unpaired) electrons. The quantitative estimate of drug-likeness (QED) is 0.656. The van der Waals surface area contributed by atoms with E-state index in [-0.39, 0.29) is 6.10 Å². The van der Waals surface area contributed by atoms with Crippen LogP contribution in [0, 0.1) is 5.92 Å². The molecule has 1 fully saturated rings. The highest BCUT2D eigenvalue weighted by molar-refractivity contribution is 9.09. The van der Waals surface area contributed by atoms with E-state index in [0.717, 1.165) is 31.3 Å². The third-order valence-electron chi connectivity index (χ3n) is 2.09. The molecule has 1 aliphatic heterocycles. The predicted octanol–water partition coefficient (Wildman–Crippen LogP) is 0.742. The number of aliphatic hydroxyl groups excluding tert-OH is 1. The summed E-state index contributed by atoms with van der Waals surface area (Å²) in [6, 6.07) is 0. The minimum atomic E-state index is -0.137. The third kappa shape index (κ3) is 2.22. The minimum Gasteiger partial charge on any atom is -0.392 e. The monoisotopic (exact) mass is 207 g/mol. The molecule has 2 nitrogen and oxygen atoms in total. The van der Waals surface area contributed by atoms with Crippen LogP contribution in [0.3, 0.4) is 0 Å². The van der Waals surface area contributed by atoms with Crippen LogP contribution in [0.1, 0.15) is 12.8 Å². The summed E-state index contributed by atoms with van der Waals surface area (Å²) in [6.45, 7) is 2.13. The molecule has 3 heteroatoms. The molecule has 1 aliphatic rings. The van der Waals surface area contributed by atoms with E-state index < -0.39 is 0 Å². The van der Waals surface area contributed by atoms with Crippen LogP contribution in [-0.2, 0) is 0 Å². The van der Waals surface area contributed by atoms with Gasteiger partial charge >= 0.3 is 0 Å². The van der Waals surface area contributed by atoms with Crippen molar-refractivity contribution in [3.63, 3.8) is 0 Å². The van der Waals surface area contributed by atoms with Crippen LogP contribution in [0.25, 0.3) is 0 Å². The Hall–Kier alpha value is 0.400. The van der Waals surface area contributed by atoms with E-state index in [9.17, 15) is 5.11 Å². The molecule has 1 heterocycles. The highest BCUT2D eigenvalue weighted by Gasteiger charge is 2.19. The van der Waals surface area contributed by atoms with Gasteiger partial charge in [0.1, 0.15) is 0 Å². The van der Waals surface area contributed by atoms with Crippen molar-refractivity contribution in [3.8, 4) is 0 Å². The molecule has 1 saturated heterocycles. The molecular weight excluding hydrogens is 194 g/mol. The molecule has 0 amide bonds. The van der Waals surface area contributed by atoms with Gasteiger partial charge in [-0.1, -0.05) is 15.9 Å². The Bertz CT molecular complexity index is 93.6. The maximum Gasteiger partial charge on any atom is 0.0666 e. The number of hydrogen-bond donors (Lipinski definition) is 2. The Kier molecular flexibility index (Phi) is 3.66. The summed E-state index contributed by atoms with van der Waals surface area (Å²) >= 11 is 3.28. The molecule has 10 heavy (non-hydrogen) atoms. The zero-order valence-corrected chi connectivity index (χ0v) is 7.60. The first-order chi connectivity index (χ1) is 4.84. The number of halogens is 1. The molecule has 0 spiro atoms. The van der Waals surface area contributed by atoms with E-state index in [1.54, 1.807) is 0 Å². The van der Waals surface area contributed by atoms with Gasteiger partial charge in [0.2, 0.25) is 0 Å². The van der Waals surface area contributed by atoms with Crippen molar-refractivity contribution in [1.29, 1.82) is 0 Å². The van der Waals surface area contributed by atoms with E-state index >= 15 is 0 Å². The van der Waals surface area contributed by atoms with Crippen LogP contribution in [0.4, 0.5) is 0 Å². The Balaban J connectivity index is 2.24. The van der Waals surface area contributed by atoms with Crippen molar-refractivity contribution in [2.75, 3.05) is 18.4 Å². The van der Waals surface area contributed by atoms with Crippen LogP contribution in [-0.4, -0.2) is 29.6 Å². The summed E-state index contributed by atoms with van der Waals surface area (Å²) in [7, 11) is 0. The van der Waals surface area contributed by atoms with Crippen molar-refractivity contribution in [3.05, 3.63) is 0 Å². The molecule has 0 aliphatic carbocycles. The maximum absolute atomic E-state index is 9.41. The molecule has 1 rings (SSSR count). The fourth-order valence-corrected chi connectivity index (χ4v) is 1.88. The van der Waals surface area contributed by atoms with Crippen molar-refractivity contribution in [2.45, 2.75) is 18.9 Å². The number of hydrogen-bond acceptors (Lipinski definition) is 2. The Morgan fingerprint density at radius 1 is 1.50 bits per heavy atom. The summed E-state index contributed by atoms with van der Waals surface area (Å²) in [6.07, 6.45) is 2.10. The Morgan fingerprint density at radius 3 is 2.60 bits per heavy atom. The summed E-state index contributed by atoms with van der Waals surface area (Å²) < 4.78 is 0. The second kappa shape index (κ2) is 4.31. The molecule has 0 bridgehead atoms. The zero-order valence-electron chi connectivity index (χ0n) is 6.02. The van der Waals surface area contributed by atoms with Gasteiger partial charge in [-0.25, -0.2) is 0 Å². The first-order valence-electron chi connectivity index (χ1n) is 3.79. The number of piperidine rings is 1. The summed E-state index contributed by atoms with van der Waals surface area (Å²) in [5.74, 6) is 0.514. The molecule has 60 valence electrons. The van der Waals surface area contributed by atoms with Gasteiger partial charge < -0.3 is 10.4 Å². The fourth-order valence-electron chi connectivity index (χ4n) is 1.36. The molecule has 0 aromatic heterocycles. The fraction of sp³-hybridized carbons (Fsp3) is 1.00. The van der Waals surface area contributed by atoms with Gasteiger partial charge in [0.25, 0.3) is 0 Å². The number of rotatable bonds is 2. The van der Waals surface area contributed by atoms with E-state index in [0.29, 0.717) is 5.92 Å². The van der Waals surface area contributed by atoms with E-state index in [4.69, 9.17) is 0 Å². The van der Waals surface area contributed by atoms with Gasteiger partial charge in [-0.2, -0.15) is 0 Å². The van der Waals surface area contributed by atoms with Gasteiger partial charge in [0.05, 0.1) is 6.10 Å². The van der Waals surface area contributed by atoms with Crippen LogP contribution in [0.5, 0.6) is 0 Å². The van der Waals surface area contributed by atoms with E-state index in [2.05, 4.69) is 21.2 Å². The molecule has 1 atom stereocenters. The van der Waals surface area contributed by atoms with Crippen molar-refractivity contribution < 1.29 is 5.11 Å². The highest BCUT2D eigenvalue weighted by Crippen LogP contribution is 2.17. The molecule has 1 unspecified atom stereocenters. The second-order valence-corrected chi connectivity index (χ2v) is 3.46. The Labute approximate surface area is 70.1 Å². The van der Waals surface area contributed by atoms with Crippen molar-refractivity contribution in [2.24, 2.45) is 5.92 Å². The van der Waals surface area contributed by atoms with Gasteiger partial charge in [-0.05, 0) is 31.8 Å². The topological polar surface area (TPSA) is 32.3 Å².